The summed E-state index contributed by atoms with van der Waals surface area (Å²) in [4.78, 5) is 12.4. The number of benzene rings is 4. The van der Waals surface area contributed by atoms with Gasteiger partial charge in [0.1, 0.15) is 17.5 Å². The summed E-state index contributed by atoms with van der Waals surface area (Å²) in [6.45, 7) is -1.47. The van der Waals surface area contributed by atoms with Gasteiger partial charge in [-0.15, -0.1) is 0 Å². The van der Waals surface area contributed by atoms with Crippen molar-refractivity contribution in [2.75, 3.05) is 5.75 Å². The van der Waals surface area contributed by atoms with E-state index in [4.69, 9.17) is 15.1 Å². The molecule has 4 N–H and O–H groups in total. The first-order valence-corrected chi connectivity index (χ1v) is 12.5. The highest BCUT2D eigenvalue weighted by molar-refractivity contribution is 7.80. The van der Waals surface area contributed by atoms with Crippen molar-refractivity contribution in [3.05, 3.63) is 109 Å². The standard InChI is InChI=1S/C28H27B2NO5S/c31-27(19-37)28(33)36-30(23-8-6-20(18-32)7-9-23)24-12-16-26(17-13-24)35-25-14-10-22(11-15-25)29(34)21-4-2-1-3-5-21/h1-17,27,32,34,37H,18-19,31H2. The van der Waals surface area contributed by atoms with Crippen LogP contribution >= 0.6 is 12.6 Å². The molecule has 4 aromatic carbocycles. The molecule has 0 amide bonds. The van der Waals surface area contributed by atoms with Crippen molar-refractivity contribution in [3.63, 3.8) is 0 Å². The van der Waals surface area contributed by atoms with Crippen LogP contribution in [0.2, 0.25) is 0 Å². The zero-order chi connectivity index (χ0) is 26.2. The van der Waals surface area contributed by atoms with Gasteiger partial charge in [-0.05, 0) is 51.7 Å². The predicted molar refractivity (Wildman–Crippen MR) is 152 cm³/mol. The second-order valence-electron chi connectivity index (χ2n) is 8.56. The molecule has 0 radical (unpaired) electrons. The lowest BCUT2D eigenvalue weighted by atomic mass is 9.55. The minimum absolute atomic E-state index is 0.0759. The summed E-state index contributed by atoms with van der Waals surface area (Å²) in [5.74, 6) is 0.847. The zero-order valence-corrected chi connectivity index (χ0v) is 21.0. The van der Waals surface area contributed by atoms with Crippen molar-refractivity contribution in [2.24, 2.45) is 5.73 Å². The van der Waals surface area contributed by atoms with Gasteiger partial charge in [-0.25, -0.2) is 0 Å². The Morgan fingerprint density at radius 3 is 1.78 bits per heavy atom. The number of carbonyl (C=O) groups is 1. The molecule has 4 rings (SSSR count). The normalized spacial score (nSPS) is 11.5. The average Bonchev–Trinajstić information content (AvgIpc) is 2.96. The Labute approximate surface area is 222 Å². The molecule has 37 heavy (non-hydrogen) atoms. The molecule has 0 spiro atoms. The molecule has 186 valence electrons. The first-order chi connectivity index (χ1) is 18.0. The van der Waals surface area contributed by atoms with E-state index in [-0.39, 0.29) is 12.4 Å². The minimum atomic E-state index is -0.839. The van der Waals surface area contributed by atoms with Crippen molar-refractivity contribution in [1.82, 2.24) is 0 Å². The number of hydrogen-bond acceptors (Lipinski definition) is 7. The fourth-order valence-corrected chi connectivity index (χ4v) is 3.95. The highest BCUT2D eigenvalue weighted by Crippen LogP contribution is 2.19. The van der Waals surface area contributed by atoms with E-state index in [1.807, 2.05) is 78.9 Å². The molecule has 0 aliphatic rings. The number of hydrogen-bond donors (Lipinski definition) is 4. The highest BCUT2D eigenvalue weighted by Gasteiger charge is 2.28. The Kier molecular flexibility index (Phi) is 9.09. The number of carbonyl (C=O) groups excluding carboxylic acids is 1. The molecular formula is C28H27B2NO5S. The van der Waals surface area contributed by atoms with Crippen LogP contribution in [0.3, 0.4) is 0 Å². The van der Waals surface area contributed by atoms with Gasteiger partial charge in [0.2, 0.25) is 0 Å². The molecule has 0 aliphatic carbocycles. The van der Waals surface area contributed by atoms with Gasteiger partial charge in [-0.3, -0.25) is 4.79 Å². The minimum Gasteiger partial charge on any atom is -0.525 e. The second-order valence-corrected chi connectivity index (χ2v) is 8.92. The Hall–Kier alpha value is -3.49. The van der Waals surface area contributed by atoms with E-state index in [1.54, 1.807) is 24.3 Å². The van der Waals surface area contributed by atoms with Gasteiger partial charge >= 0.3 is 19.8 Å². The third kappa shape index (κ3) is 6.84. The molecule has 0 saturated heterocycles. The molecule has 1 unspecified atom stereocenters. The number of nitrogens with two attached hydrogens (primary N) is 1. The third-order valence-corrected chi connectivity index (χ3v) is 6.32. The maximum atomic E-state index is 12.4. The number of aliphatic hydroxyl groups excluding tert-OH is 1. The van der Waals surface area contributed by atoms with Gasteiger partial charge in [0.15, 0.2) is 0 Å². The third-order valence-electron chi connectivity index (χ3n) is 5.93. The fourth-order valence-electron chi connectivity index (χ4n) is 3.80. The summed E-state index contributed by atoms with van der Waals surface area (Å²) >= 11 is 4.09. The molecule has 6 nitrogen and oxygen atoms in total. The van der Waals surface area contributed by atoms with Crippen molar-refractivity contribution in [1.29, 1.82) is 0 Å². The van der Waals surface area contributed by atoms with Crippen molar-refractivity contribution >= 4 is 54.3 Å². The van der Waals surface area contributed by atoms with E-state index < -0.39 is 25.8 Å². The highest BCUT2D eigenvalue weighted by atomic mass is 32.1. The molecule has 0 aromatic heterocycles. The molecule has 4 aromatic rings. The molecule has 0 fully saturated rings. The smallest absolute Gasteiger partial charge is 0.429 e. The van der Waals surface area contributed by atoms with Crippen molar-refractivity contribution < 1.29 is 24.3 Å². The molecule has 0 aliphatic heterocycles. The molecule has 0 heterocycles. The topological polar surface area (TPSA) is 102 Å². The van der Waals surface area contributed by atoms with Crippen LogP contribution in [-0.2, 0) is 16.1 Å². The molecule has 0 saturated carbocycles. The summed E-state index contributed by atoms with van der Waals surface area (Å²) < 4.78 is 11.7. The van der Waals surface area contributed by atoms with E-state index in [9.17, 15) is 14.9 Å². The summed E-state index contributed by atoms with van der Waals surface area (Å²) in [7, 11) is 0. The van der Waals surface area contributed by atoms with Gasteiger partial charge < -0.3 is 25.3 Å². The maximum Gasteiger partial charge on any atom is 0.429 e. The van der Waals surface area contributed by atoms with E-state index in [0.29, 0.717) is 11.5 Å². The Morgan fingerprint density at radius 1 is 0.784 bits per heavy atom. The maximum absolute atomic E-state index is 12.4. The van der Waals surface area contributed by atoms with E-state index in [1.165, 1.54) is 0 Å². The van der Waals surface area contributed by atoms with Gasteiger partial charge in [0, 0.05) is 5.75 Å². The van der Waals surface area contributed by atoms with Crippen LogP contribution in [0.25, 0.3) is 0 Å². The van der Waals surface area contributed by atoms with Crippen molar-refractivity contribution in [2.45, 2.75) is 12.6 Å². The summed E-state index contributed by atoms with van der Waals surface area (Å²) in [6, 6.07) is 30.3. The Bertz CT molecular complexity index is 1290. The Balaban J connectivity index is 1.49. The zero-order valence-electron chi connectivity index (χ0n) is 20.1. The first-order valence-electron chi connectivity index (χ1n) is 11.9. The average molecular weight is 511 g/mol. The molecular weight excluding hydrogens is 484 g/mol. The lowest BCUT2D eigenvalue weighted by Gasteiger charge is -2.18. The molecule has 9 heteroatoms. The SMILES string of the molecule is NC(CS)C(=O)OB(c1ccc(CO)cc1)c1ccc(Oc2ccc(B(O)c3ccccc3)cc2)cc1. The summed E-state index contributed by atoms with van der Waals surface area (Å²) in [5, 5.41) is 19.9. The summed E-state index contributed by atoms with van der Waals surface area (Å²) in [5.41, 5.74) is 9.66. The van der Waals surface area contributed by atoms with E-state index in [0.717, 1.165) is 27.4 Å². The number of thiol groups is 1. The number of ether oxygens (including phenoxy) is 1. The second kappa shape index (κ2) is 12.7. The molecule has 0 bridgehead atoms. The molecule has 1 atom stereocenters. The monoisotopic (exact) mass is 511 g/mol. The quantitative estimate of drug-likeness (QED) is 0.187. The van der Waals surface area contributed by atoms with Crippen LogP contribution in [0.15, 0.2) is 103 Å². The lowest BCUT2D eigenvalue weighted by molar-refractivity contribution is -0.135. The van der Waals surface area contributed by atoms with Gasteiger partial charge in [-0.1, -0.05) is 78.9 Å². The van der Waals surface area contributed by atoms with E-state index in [2.05, 4.69) is 12.6 Å². The van der Waals surface area contributed by atoms with Gasteiger partial charge in [0.25, 0.3) is 0 Å². The Morgan fingerprint density at radius 2 is 1.27 bits per heavy atom. The van der Waals surface area contributed by atoms with Crippen molar-refractivity contribution in [3.8, 4) is 11.5 Å². The largest absolute Gasteiger partial charge is 0.525 e. The van der Waals surface area contributed by atoms with Crippen LogP contribution in [0.4, 0.5) is 0 Å². The van der Waals surface area contributed by atoms with Crippen LogP contribution in [0.5, 0.6) is 11.5 Å². The van der Waals surface area contributed by atoms with E-state index >= 15 is 0 Å². The first kappa shape index (κ1) is 26.6. The van der Waals surface area contributed by atoms with Crippen LogP contribution in [-0.4, -0.2) is 41.7 Å². The fraction of sp³-hybridized carbons (Fsp3) is 0.107. The van der Waals surface area contributed by atoms with Gasteiger partial charge in [0.05, 0.1) is 6.61 Å². The summed E-state index contributed by atoms with van der Waals surface area (Å²) in [6.07, 6.45) is 0. The lowest BCUT2D eigenvalue weighted by Crippen LogP contribution is -2.49. The van der Waals surface area contributed by atoms with Crippen LogP contribution in [0, 0.1) is 0 Å². The number of aliphatic hydroxyl groups is 1. The van der Waals surface area contributed by atoms with Crippen LogP contribution < -0.4 is 32.3 Å². The number of rotatable bonds is 10. The van der Waals surface area contributed by atoms with Gasteiger partial charge in [-0.2, -0.15) is 12.6 Å². The van der Waals surface area contributed by atoms with Crippen LogP contribution in [0.1, 0.15) is 5.56 Å². The predicted octanol–water partition coefficient (Wildman–Crippen LogP) is 0.975.